The Bertz CT molecular complexity index is 340. The van der Waals surface area contributed by atoms with Crippen LogP contribution in [0.4, 0.5) is 5.82 Å². The number of rotatable bonds is 2. The highest BCUT2D eigenvalue weighted by Crippen LogP contribution is 2.28. The van der Waals surface area contributed by atoms with Gasteiger partial charge in [0.15, 0.2) is 0 Å². The van der Waals surface area contributed by atoms with Crippen molar-refractivity contribution >= 4 is 21.7 Å². The molecule has 1 fully saturated rings. The molecular formula is C11H16BrN3. The molecule has 3 nitrogen and oxygen atoms in total. The third-order valence-corrected chi connectivity index (χ3v) is 3.42. The summed E-state index contributed by atoms with van der Waals surface area (Å²) in [6.07, 6.45) is 4.17. The molecule has 0 amide bonds. The minimum atomic E-state index is 0.631. The first kappa shape index (κ1) is 10.9. The zero-order valence-corrected chi connectivity index (χ0v) is 10.7. The second-order valence-electron chi connectivity index (χ2n) is 4.35. The highest BCUT2D eigenvalue weighted by Gasteiger charge is 2.27. The van der Waals surface area contributed by atoms with Gasteiger partial charge in [-0.15, -0.1) is 0 Å². The van der Waals surface area contributed by atoms with E-state index in [2.05, 4.69) is 44.6 Å². The Morgan fingerprint density at radius 2 is 2.27 bits per heavy atom. The summed E-state index contributed by atoms with van der Waals surface area (Å²) in [5, 5.41) is 0. The first-order valence-electron chi connectivity index (χ1n) is 5.42. The second-order valence-corrected chi connectivity index (χ2v) is 5.16. The molecule has 1 atom stereocenters. The van der Waals surface area contributed by atoms with E-state index in [4.69, 9.17) is 0 Å². The van der Waals surface area contributed by atoms with Crippen LogP contribution in [0.5, 0.6) is 0 Å². The summed E-state index contributed by atoms with van der Waals surface area (Å²) in [7, 11) is 0. The number of anilines is 1. The minimum absolute atomic E-state index is 0.631. The zero-order chi connectivity index (χ0) is 10.8. The molecule has 1 aliphatic heterocycles. The highest BCUT2D eigenvalue weighted by atomic mass is 79.9. The SMILES string of the molecule is CC(C)C1CCCN1c1cc(Br)ncn1. The molecule has 15 heavy (non-hydrogen) atoms. The molecule has 82 valence electrons. The van der Waals surface area contributed by atoms with Crippen LogP contribution in [-0.4, -0.2) is 22.6 Å². The van der Waals surface area contributed by atoms with Gasteiger partial charge in [-0.1, -0.05) is 13.8 Å². The number of halogens is 1. The maximum atomic E-state index is 4.34. The highest BCUT2D eigenvalue weighted by molar-refractivity contribution is 9.10. The van der Waals surface area contributed by atoms with Crippen LogP contribution >= 0.6 is 15.9 Å². The van der Waals surface area contributed by atoms with Crippen molar-refractivity contribution < 1.29 is 0 Å². The topological polar surface area (TPSA) is 29.0 Å². The van der Waals surface area contributed by atoms with E-state index in [1.54, 1.807) is 6.33 Å². The van der Waals surface area contributed by atoms with Crippen LogP contribution in [0.1, 0.15) is 26.7 Å². The molecule has 1 aromatic rings. The van der Waals surface area contributed by atoms with Gasteiger partial charge in [-0.05, 0) is 34.7 Å². The van der Waals surface area contributed by atoms with Gasteiger partial charge in [0.2, 0.25) is 0 Å². The molecule has 0 radical (unpaired) electrons. The van der Waals surface area contributed by atoms with Crippen LogP contribution in [0.2, 0.25) is 0 Å². The van der Waals surface area contributed by atoms with E-state index >= 15 is 0 Å². The summed E-state index contributed by atoms with van der Waals surface area (Å²) in [6, 6.07) is 2.63. The van der Waals surface area contributed by atoms with Crippen molar-refractivity contribution in [2.45, 2.75) is 32.7 Å². The van der Waals surface area contributed by atoms with Gasteiger partial charge in [0.25, 0.3) is 0 Å². The van der Waals surface area contributed by atoms with Gasteiger partial charge >= 0.3 is 0 Å². The van der Waals surface area contributed by atoms with Gasteiger partial charge in [0.1, 0.15) is 16.7 Å². The lowest BCUT2D eigenvalue weighted by Crippen LogP contribution is -2.33. The van der Waals surface area contributed by atoms with Crippen LogP contribution in [0.3, 0.4) is 0 Å². The van der Waals surface area contributed by atoms with Gasteiger partial charge in [0.05, 0.1) is 0 Å². The van der Waals surface area contributed by atoms with Gasteiger partial charge in [-0.2, -0.15) is 0 Å². The molecule has 1 saturated heterocycles. The fourth-order valence-corrected chi connectivity index (χ4v) is 2.55. The van der Waals surface area contributed by atoms with E-state index in [0.29, 0.717) is 12.0 Å². The first-order valence-corrected chi connectivity index (χ1v) is 6.22. The Labute approximate surface area is 99.0 Å². The Kier molecular flexibility index (Phi) is 3.24. The van der Waals surface area contributed by atoms with Gasteiger partial charge in [0, 0.05) is 18.7 Å². The Hall–Kier alpha value is -0.640. The third kappa shape index (κ3) is 2.30. The first-order chi connectivity index (χ1) is 7.18. The van der Waals surface area contributed by atoms with Gasteiger partial charge in [-0.3, -0.25) is 0 Å². The largest absolute Gasteiger partial charge is 0.353 e. The molecule has 4 heteroatoms. The molecule has 0 N–H and O–H groups in total. The predicted octanol–water partition coefficient (Wildman–Crippen LogP) is 2.86. The third-order valence-electron chi connectivity index (χ3n) is 2.98. The molecule has 0 spiro atoms. The van der Waals surface area contributed by atoms with E-state index < -0.39 is 0 Å². The van der Waals surface area contributed by atoms with E-state index in [1.165, 1.54) is 12.8 Å². The van der Waals surface area contributed by atoms with Gasteiger partial charge in [-0.25, -0.2) is 9.97 Å². The van der Waals surface area contributed by atoms with Crippen molar-refractivity contribution in [1.82, 2.24) is 9.97 Å². The second kappa shape index (κ2) is 4.47. The Morgan fingerprint density at radius 1 is 1.47 bits per heavy atom. The van der Waals surface area contributed by atoms with Crippen molar-refractivity contribution in [2.24, 2.45) is 5.92 Å². The molecule has 1 aliphatic rings. The van der Waals surface area contributed by atoms with Crippen LogP contribution < -0.4 is 4.90 Å². The van der Waals surface area contributed by atoms with Crippen LogP contribution in [0.15, 0.2) is 17.0 Å². The van der Waals surface area contributed by atoms with Crippen LogP contribution in [0.25, 0.3) is 0 Å². The lowest BCUT2D eigenvalue weighted by molar-refractivity contribution is 0.489. The molecule has 2 heterocycles. The number of hydrogen-bond donors (Lipinski definition) is 0. The van der Waals surface area contributed by atoms with E-state index in [1.807, 2.05) is 6.07 Å². The van der Waals surface area contributed by atoms with E-state index in [0.717, 1.165) is 17.0 Å². The molecular weight excluding hydrogens is 254 g/mol. The molecule has 1 aromatic heterocycles. The minimum Gasteiger partial charge on any atom is -0.353 e. The number of aromatic nitrogens is 2. The Balaban J connectivity index is 2.22. The number of hydrogen-bond acceptors (Lipinski definition) is 3. The van der Waals surface area contributed by atoms with Crippen LogP contribution in [-0.2, 0) is 0 Å². The monoisotopic (exact) mass is 269 g/mol. The van der Waals surface area contributed by atoms with Gasteiger partial charge < -0.3 is 4.90 Å². The summed E-state index contributed by atoms with van der Waals surface area (Å²) in [5.74, 6) is 1.73. The van der Waals surface area contributed by atoms with Crippen molar-refractivity contribution in [3.8, 4) is 0 Å². The predicted molar refractivity (Wildman–Crippen MR) is 64.9 cm³/mol. The Morgan fingerprint density at radius 3 is 2.93 bits per heavy atom. The van der Waals surface area contributed by atoms with Crippen molar-refractivity contribution in [3.05, 3.63) is 17.0 Å². The van der Waals surface area contributed by atoms with Crippen molar-refractivity contribution in [1.29, 1.82) is 0 Å². The van der Waals surface area contributed by atoms with E-state index in [-0.39, 0.29) is 0 Å². The average Bonchev–Trinajstić information content (AvgIpc) is 2.65. The molecule has 0 bridgehead atoms. The van der Waals surface area contributed by atoms with Crippen LogP contribution in [0, 0.1) is 5.92 Å². The standard InChI is InChI=1S/C11H16BrN3/c1-8(2)9-4-3-5-15(9)11-6-10(12)13-7-14-11/h6-9H,3-5H2,1-2H3. The average molecular weight is 270 g/mol. The molecule has 0 saturated carbocycles. The molecule has 2 rings (SSSR count). The molecule has 0 aliphatic carbocycles. The quantitative estimate of drug-likeness (QED) is 0.774. The summed E-state index contributed by atoms with van der Waals surface area (Å²) in [4.78, 5) is 10.8. The summed E-state index contributed by atoms with van der Waals surface area (Å²) in [5.41, 5.74) is 0. The zero-order valence-electron chi connectivity index (χ0n) is 9.15. The summed E-state index contributed by atoms with van der Waals surface area (Å²) >= 11 is 3.39. The lowest BCUT2D eigenvalue weighted by Gasteiger charge is -2.28. The molecule has 1 unspecified atom stereocenters. The normalized spacial score (nSPS) is 21.3. The van der Waals surface area contributed by atoms with Crippen molar-refractivity contribution in [2.75, 3.05) is 11.4 Å². The fourth-order valence-electron chi connectivity index (χ4n) is 2.25. The maximum Gasteiger partial charge on any atom is 0.133 e. The number of nitrogens with zero attached hydrogens (tertiary/aromatic N) is 3. The fraction of sp³-hybridized carbons (Fsp3) is 0.636. The summed E-state index contributed by atoms with van der Waals surface area (Å²) < 4.78 is 0.863. The lowest BCUT2D eigenvalue weighted by atomic mass is 10.0. The maximum absolute atomic E-state index is 4.34. The molecule has 0 aromatic carbocycles. The summed E-state index contributed by atoms with van der Waals surface area (Å²) in [6.45, 7) is 5.67. The smallest absolute Gasteiger partial charge is 0.133 e. The van der Waals surface area contributed by atoms with Crippen molar-refractivity contribution in [3.63, 3.8) is 0 Å². The van der Waals surface area contributed by atoms with E-state index in [9.17, 15) is 0 Å².